The Morgan fingerprint density at radius 2 is 1.86 bits per heavy atom. The maximum atomic E-state index is 12.1. The molecule has 1 aromatic carbocycles. The van der Waals surface area contributed by atoms with Crippen LogP contribution in [0.25, 0.3) is 0 Å². The summed E-state index contributed by atoms with van der Waals surface area (Å²) >= 11 is 0. The number of hydrogen-bond acceptors (Lipinski definition) is 4. The van der Waals surface area contributed by atoms with Crippen LogP contribution in [0.3, 0.4) is 0 Å². The van der Waals surface area contributed by atoms with Crippen molar-refractivity contribution in [3.63, 3.8) is 0 Å². The average molecular weight is 304 g/mol. The van der Waals surface area contributed by atoms with Crippen LogP contribution in [0.1, 0.15) is 50.0 Å². The van der Waals surface area contributed by atoms with Gasteiger partial charge >= 0.3 is 11.9 Å². The Kier molecular flexibility index (Phi) is 6.35. The second-order valence-electron chi connectivity index (χ2n) is 5.86. The first-order valence-electron chi connectivity index (χ1n) is 7.42. The third kappa shape index (κ3) is 5.72. The van der Waals surface area contributed by atoms with Crippen molar-refractivity contribution in [1.82, 2.24) is 0 Å². The van der Waals surface area contributed by atoms with Gasteiger partial charge in [0.05, 0.1) is 5.56 Å². The lowest BCUT2D eigenvalue weighted by molar-refractivity contribution is -0.152. The van der Waals surface area contributed by atoms with Crippen molar-refractivity contribution in [1.29, 1.82) is 0 Å². The van der Waals surface area contributed by atoms with E-state index in [2.05, 4.69) is 13.5 Å². The standard InChI is InChI=1S/C18H24O4/c1-6-14-8-10-15(11-9-14)17(20)21-13(3)12-18(4,5)22-16(19)7-2/h7-11,13H,2,6,12H2,1,3-5H3. The quantitative estimate of drug-likeness (QED) is 0.569. The molecule has 0 saturated carbocycles. The third-order valence-electron chi connectivity index (χ3n) is 3.23. The zero-order valence-electron chi connectivity index (χ0n) is 13.7. The topological polar surface area (TPSA) is 52.6 Å². The fourth-order valence-corrected chi connectivity index (χ4v) is 2.22. The number of aryl methyl sites for hydroxylation is 1. The predicted octanol–water partition coefficient (Wildman–Crippen LogP) is 3.69. The van der Waals surface area contributed by atoms with Gasteiger partial charge in [-0.05, 0) is 44.9 Å². The minimum Gasteiger partial charge on any atom is -0.459 e. The summed E-state index contributed by atoms with van der Waals surface area (Å²) in [4.78, 5) is 23.3. The summed E-state index contributed by atoms with van der Waals surface area (Å²) in [7, 11) is 0. The molecule has 22 heavy (non-hydrogen) atoms. The van der Waals surface area contributed by atoms with Crippen molar-refractivity contribution in [3.8, 4) is 0 Å². The number of rotatable bonds is 7. The largest absolute Gasteiger partial charge is 0.459 e. The van der Waals surface area contributed by atoms with Crippen LogP contribution in [0, 0.1) is 0 Å². The van der Waals surface area contributed by atoms with E-state index in [-0.39, 0.29) is 12.1 Å². The van der Waals surface area contributed by atoms with Crippen molar-refractivity contribution < 1.29 is 19.1 Å². The highest BCUT2D eigenvalue weighted by atomic mass is 16.6. The Morgan fingerprint density at radius 1 is 1.27 bits per heavy atom. The summed E-state index contributed by atoms with van der Waals surface area (Å²) in [6, 6.07) is 7.35. The Morgan fingerprint density at radius 3 is 2.36 bits per heavy atom. The van der Waals surface area contributed by atoms with E-state index >= 15 is 0 Å². The molecule has 0 aliphatic carbocycles. The lowest BCUT2D eigenvalue weighted by Gasteiger charge is -2.27. The van der Waals surface area contributed by atoms with Gasteiger partial charge in [0.2, 0.25) is 0 Å². The van der Waals surface area contributed by atoms with Gasteiger partial charge in [0.25, 0.3) is 0 Å². The van der Waals surface area contributed by atoms with Gasteiger partial charge in [-0.2, -0.15) is 0 Å². The van der Waals surface area contributed by atoms with Crippen molar-refractivity contribution in [3.05, 3.63) is 48.0 Å². The molecule has 0 bridgehead atoms. The summed E-state index contributed by atoms with van der Waals surface area (Å²) in [6.45, 7) is 10.7. The summed E-state index contributed by atoms with van der Waals surface area (Å²) in [5.41, 5.74) is 0.962. The minimum absolute atomic E-state index is 0.369. The highest BCUT2D eigenvalue weighted by molar-refractivity contribution is 5.89. The first-order valence-corrected chi connectivity index (χ1v) is 7.42. The van der Waals surface area contributed by atoms with Crippen LogP contribution < -0.4 is 0 Å². The van der Waals surface area contributed by atoms with E-state index < -0.39 is 11.6 Å². The highest BCUT2D eigenvalue weighted by Crippen LogP contribution is 2.20. The van der Waals surface area contributed by atoms with Crippen LogP contribution in [0.4, 0.5) is 0 Å². The number of esters is 2. The summed E-state index contributed by atoms with van der Waals surface area (Å²) in [5.74, 6) is -0.861. The van der Waals surface area contributed by atoms with Gasteiger partial charge in [-0.15, -0.1) is 0 Å². The zero-order chi connectivity index (χ0) is 16.8. The molecule has 0 spiro atoms. The van der Waals surface area contributed by atoms with E-state index in [1.165, 1.54) is 5.56 Å². The molecule has 1 atom stereocenters. The van der Waals surface area contributed by atoms with Gasteiger partial charge in [-0.3, -0.25) is 0 Å². The lowest BCUT2D eigenvalue weighted by atomic mass is 10.0. The molecule has 1 unspecified atom stereocenters. The van der Waals surface area contributed by atoms with Gasteiger partial charge in [-0.1, -0.05) is 25.6 Å². The number of ether oxygens (including phenoxy) is 2. The second kappa shape index (κ2) is 7.78. The molecule has 0 aliphatic rings. The van der Waals surface area contributed by atoms with Crippen molar-refractivity contribution in [2.45, 2.75) is 52.2 Å². The molecule has 4 nitrogen and oxygen atoms in total. The molecule has 1 aromatic rings. The molecule has 0 amide bonds. The normalized spacial score (nSPS) is 12.4. The van der Waals surface area contributed by atoms with E-state index in [1.807, 2.05) is 12.1 Å². The summed E-state index contributed by atoms with van der Waals surface area (Å²) in [5, 5.41) is 0. The Labute approximate surface area is 132 Å². The molecule has 0 aliphatic heterocycles. The fourth-order valence-electron chi connectivity index (χ4n) is 2.22. The van der Waals surface area contributed by atoms with E-state index in [9.17, 15) is 9.59 Å². The summed E-state index contributed by atoms with van der Waals surface area (Å²) in [6.07, 6.45) is 2.08. The van der Waals surface area contributed by atoms with E-state index in [0.29, 0.717) is 12.0 Å². The summed E-state index contributed by atoms with van der Waals surface area (Å²) < 4.78 is 10.6. The van der Waals surface area contributed by atoms with Crippen LogP contribution in [0.15, 0.2) is 36.9 Å². The molecule has 1 rings (SSSR count). The van der Waals surface area contributed by atoms with E-state index in [4.69, 9.17) is 9.47 Å². The van der Waals surface area contributed by atoms with Gasteiger partial charge in [-0.25, -0.2) is 9.59 Å². The third-order valence-corrected chi connectivity index (χ3v) is 3.23. The first kappa shape index (κ1) is 18.0. The molecule has 0 N–H and O–H groups in total. The van der Waals surface area contributed by atoms with Gasteiger partial charge < -0.3 is 9.47 Å². The van der Waals surface area contributed by atoms with Crippen molar-refractivity contribution in [2.75, 3.05) is 0 Å². The van der Waals surface area contributed by atoms with Crippen LogP contribution in [0.5, 0.6) is 0 Å². The molecule has 120 valence electrons. The number of benzene rings is 1. The SMILES string of the molecule is C=CC(=O)OC(C)(C)CC(C)OC(=O)c1ccc(CC)cc1. The Balaban J connectivity index is 2.59. The molecule has 0 aromatic heterocycles. The van der Waals surface area contributed by atoms with E-state index in [0.717, 1.165) is 12.5 Å². The maximum Gasteiger partial charge on any atom is 0.338 e. The maximum absolute atomic E-state index is 12.1. The molecule has 0 radical (unpaired) electrons. The van der Waals surface area contributed by atoms with Crippen LogP contribution >= 0.6 is 0 Å². The molecule has 4 heteroatoms. The molecular formula is C18H24O4. The Bertz CT molecular complexity index is 529. The predicted molar refractivity (Wildman–Crippen MR) is 85.7 cm³/mol. The van der Waals surface area contributed by atoms with Gasteiger partial charge in [0.15, 0.2) is 0 Å². The van der Waals surface area contributed by atoms with Gasteiger partial charge in [0.1, 0.15) is 11.7 Å². The van der Waals surface area contributed by atoms with Crippen molar-refractivity contribution in [2.24, 2.45) is 0 Å². The number of carbonyl (C=O) groups is 2. The molecule has 0 heterocycles. The highest BCUT2D eigenvalue weighted by Gasteiger charge is 2.26. The van der Waals surface area contributed by atoms with Crippen molar-refractivity contribution >= 4 is 11.9 Å². The molecular weight excluding hydrogens is 280 g/mol. The number of hydrogen-bond donors (Lipinski definition) is 0. The lowest BCUT2D eigenvalue weighted by Crippen LogP contribution is -2.33. The first-order chi connectivity index (χ1) is 10.3. The molecule has 0 saturated heterocycles. The zero-order valence-corrected chi connectivity index (χ0v) is 13.7. The van der Waals surface area contributed by atoms with Crippen LogP contribution in [0.2, 0.25) is 0 Å². The monoisotopic (exact) mass is 304 g/mol. The second-order valence-corrected chi connectivity index (χ2v) is 5.86. The minimum atomic E-state index is -0.725. The van der Waals surface area contributed by atoms with Crippen LogP contribution in [-0.2, 0) is 20.7 Å². The fraction of sp³-hybridized carbons (Fsp3) is 0.444. The Hall–Kier alpha value is -2.10. The van der Waals surface area contributed by atoms with Crippen LogP contribution in [-0.4, -0.2) is 23.6 Å². The average Bonchev–Trinajstić information content (AvgIpc) is 2.45. The number of carbonyl (C=O) groups excluding carboxylic acids is 2. The smallest absolute Gasteiger partial charge is 0.338 e. The molecule has 0 fully saturated rings. The van der Waals surface area contributed by atoms with Gasteiger partial charge in [0, 0.05) is 12.5 Å². The van der Waals surface area contributed by atoms with E-state index in [1.54, 1.807) is 32.9 Å².